The standard InChI is InChI=1S/C23H28F2/c1-2-3-4-5-6-7-17-8-10-18(11-9-17)19-12-13-20-15-22(24)23(25)16-21(20)14-19/h8-11,15-16,19H,2-7,12-14H2,1H3. The van der Waals surface area contributed by atoms with E-state index in [0.717, 1.165) is 36.8 Å². The van der Waals surface area contributed by atoms with Crippen LogP contribution in [0.3, 0.4) is 0 Å². The second kappa shape index (κ2) is 8.60. The van der Waals surface area contributed by atoms with Gasteiger partial charge < -0.3 is 0 Å². The fraction of sp³-hybridized carbons (Fsp3) is 0.478. The second-order valence-corrected chi connectivity index (χ2v) is 7.38. The maximum absolute atomic E-state index is 13.5. The molecule has 0 saturated carbocycles. The molecule has 1 atom stereocenters. The molecular formula is C23H28F2. The fourth-order valence-corrected chi connectivity index (χ4v) is 3.92. The highest BCUT2D eigenvalue weighted by Gasteiger charge is 2.22. The van der Waals surface area contributed by atoms with Gasteiger partial charge in [0, 0.05) is 0 Å². The third kappa shape index (κ3) is 4.68. The molecule has 0 heterocycles. The van der Waals surface area contributed by atoms with E-state index in [1.165, 1.54) is 55.4 Å². The lowest BCUT2D eigenvalue weighted by molar-refractivity contribution is 0.496. The van der Waals surface area contributed by atoms with E-state index >= 15 is 0 Å². The summed E-state index contributed by atoms with van der Waals surface area (Å²) in [5.74, 6) is -1.03. The number of unbranched alkanes of at least 4 members (excludes halogenated alkanes) is 4. The van der Waals surface area contributed by atoms with Crippen molar-refractivity contribution >= 4 is 0 Å². The molecule has 2 aromatic rings. The molecular weight excluding hydrogens is 314 g/mol. The zero-order valence-corrected chi connectivity index (χ0v) is 15.2. The highest BCUT2D eigenvalue weighted by Crippen LogP contribution is 2.33. The minimum atomic E-state index is -0.724. The summed E-state index contributed by atoms with van der Waals surface area (Å²) in [5, 5.41) is 0. The smallest absolute Gasteiger partial charge is 0.159 e. The van der Waals surface area contributed by atoms with E-state index in [1.807, 2.05) is 0 Å². The van der Waals surface area contributed by atoms with Gasteiger partial charge in [0.25, 0.3) is 0 Å². The lowest BCUT2D eigenvalue weighted by Crippen LogP contribution is -2.13. The Balaban J connectivity index is 1.58. The van der Waals surface area contributed by atoms with Crippen LogP contribution in [0.4, 0.5) is 8.78 Å². The van der Waals surface area contributed by atoms with E-state index in [-0.39, 0.29) is 0 Å². The van der Waals surface area contributed by atoms with Crippen LogP contribution in [0.2, 0.25) is 0 Å². The van der Waals surface area contributed by atoms with Gasteiger partial charge in [-0.2, -0.15) is 0 Å². The SMILES string of the molecule is CCCCCCCc1ccc(C2CCc3cc(F)c(F)cc3C2)cc1. The number of hydrogen-bond acceptors (Lipinski definition) is 0. The van der Waals surface area contributed by atoms with Crippen LogP contribution < -0.4 is 0 Å². The zero-order chi connectivity index (χ0) is 17.6. The molecule has 0 saturated heterocycles. The maximum Gasteiger partial charge on any atom is 0.159 e. The van der Waals surface area contributed by atoms with Crippen molar-refractivity contribution in [2.24, 2.45) is 0 Å². The van der Waals surface area contributed by atoms with E-state index < -0.39 is 11.6 Å². The number of benzene rings is 2. The number of hydrogen-bond donors (Lipinski definition) is 0. The first-order valence-electron chi connectivity index (χ1n) is 9.73. The topological polar surface area (TPSA) is 0 Å². The zero-order valence-electron chi connectivity index (χ0n) is 15.2. The van der Waals surface area contributed by atoms with Crippen LogP contribution >= 0.6 is 0 Å². The predicted octanol–water partition coefficient (Wildman–Crippen LogP) is 6.75. The van der Waals surface area contributed by atoms with Gasteiger partial charge in [0.15, 0.2) is 11.6 Å². The summed E-state index contributed by atoms with van der Waals surface area (Å²) in [7, 11) is 0. The summed E-state index contributed by atoms with van der Waals surface area (Å²) >= 11 is 0. The highest BCUT2D eigenvalue weighted by atomic mass is 19.2. The molecule has 0 bridgehead atoms. The molecule has 0 aliphatic heterocycles. The quantitative estimate of drug-likeness (QED) is 0.488. The molecule has 0 fully saturated rings. The van der Waals surface area contributed by atoms with Gasteiger partial charge in [0.1, 0.15) is 0 Å². The Morgan fingerprint density at radius 1 is 0.880 bits per heavy atom. The Morgan fingerprint density at radius 2 is 1.56 bits per heavy atom. The molecule has 0 amide bonds. The molecule has 1 aliphatic rings. The molecule has 3 rings (SSSR count). The van der Waals surface area contributed by atoms with Gasteiger partial charge >= 0.3 is 0 Å². The van der Waals surface area contributed by atoms with E-state index in [1.54, 1.807) is 0 Å². The minimum absolute atomic E-state index is 0.413. The number of fused-ring (bicyclic) bond motifs is 1. The van der Waals surface area contributed by atoms with Crippen LogP contribution in [0.5, 0.6) is 0 Å². The van der Waals surface area contributed by atoms with Crippen molar-refractivity contribution in [3.05, 3.63) is 70.3 Å². The van der Waals surface area contributed by atoms with Gasteiger partial charge in [0.05, 0.1) is 0 Å². The van der Waals surface area contributed by atoms with Crippen molar-refractivity contribution in [1.82, 2.24) is 0 Å². The van der Waals surface area contributed by atoms with Crippen molar-refractivity contribution in [2.75, 3.05) is 0 Å². The first-order chi connectivity index (χ1) is 12.2. The highest BCUT2D eigenvalue weighted by molar-refractivity contribution is 5.35. The van der Waals surface area contributed by atoms with Crippen molar-refractivity contribution in [2.45, 2.75) is 70.6 Å². The molecule has 2 heteroatoms. The van der Waals surface area contributed by atoms with E-state index in [2.05, 4.69) is 31.2 Å². The van der Waals surface area contributed by atoms with Crippen molar-refractivity contribution in [3.63, 3.8) is 0 Å². The van der Waals surface area contributed by atoms with Crippen LogP contribution in [0.15, 0.2) is 36.4 Å². The molecule has 25 heavy (non-hydrogen) atoms. The number of aryl methyl sites for hydroxylation is 2. The molecule has 0 aromatic heterocycles. The van der Waals surface area contributed by atoms with Crippen LogP contribution in [-0.2, 0) is 19.3 Å². The number of rotatable bonds is 7. The Bertz CT molecular complexity index is 688. The van der Waals surface area contributed by atoms with Crippen LogP contribution in [0, 0.1) is 11.6 Å². The molecule has 1 aliphatic carbocycles. The first kappa shape index (κ1) is 18.1. The van der Waals surface area contributed by atoms with Gasteiger partial charge in [0.2, 0.25) is 0 Å². The Labute approximate surface area is 150 Å². The average molecular weight is 342 g/mol. The summed E-state index contributed by atoms with van der Waals surface area (Å²) in [4.78, 5) is 0. The molecule has 0 nitrogen and oxygen atoms in total. The lowest BCUT2D eigenvalue weighted by atomic mass is 9.80. The lowest BCUT2D eigenvalue weighted by Gasteiger charge is -2.25. The van der Waals surface area contributed by atoms with Crippen LogP contribution in [0.25, 0.3) is 0 Å². The third-order valence-electron chi connectivity index (χ3n) is 5.49. The van der Waals surface area contributed by atoms with Gasteiger partial charge in [-0.1, -0.05) is 56.9 Å². The molecule has 134 valence electrons. The Hall–Kier alpha value is -1.70. The maximum atomic E-state index is 13.5. The van der Waals surface area contributed by atoms with E-state index in [4.69, 9.17) is 0 Å². The van der Waals surface area contributed by atoms with Crippen molar-refractivity contribution < 1.29 is 8.78 Å². The monoisotopic (exact) mass is 342 g/mol. The molecule has 2 aromatic carbocycles. The van der Waals surface area contributed by atoms with E-state index in [0.29, 0.717) is 5.92 Å². The van der Waals surface area contributed by atoms with Crippen LogP contribution in [0.1, 0.15) is 73.6 Å². The summed E-state index contributed by atoms with van der Waals surface area (Å²) < 4.78 is 26.9. The Morgan fingerprint density at radius 3 is 2.28 bits per heavy atom. The van der Waals surface area contributed by atoms with Gasteiger partial charge in [-0.15, -0.1) is 0 Å². The molecule has 0 N–H and O–H groups in total. The van der Waals surface area contributed by atoms with Crippen molar-refractivity contribution in [1.29, 1.82) is 0 Å². The summed E-state index contributed by atoms with van der Waals surface area (Å²) in [6.07, 6.45) is 10.4. The minimum Gasteiger partial charge on any atom is -0.204 e. The largest absolute Gasteiger partial charge is 0.204 e. The first-order valence-corrected chi connectivity index (χ1v) is 9.73. The Kier molecular flexibility index (Phi) is 6.23. The van der Waals surface area contributed by atoms with Crippen LogP contribution in [-0.4, -0.2) is 0 Å². The number of halogens is 2. The van der Waals surface area contributed by atoms with Gasteiger partial charge in [-0.05, 0) is 72.4 Å². The second-order valence-electron chi connectivity index (χ2n) is 7.38. The third-order valence-corrected chi connectivity index (χ3v) is 5.49. The predicted molar refractivity (Wildman–Crippen MR) is 100 cm³/mol. The molecule has 1 unspecified atom stereocenters. The fourth-order valence-electron chi connectivity index (χ4n) is 3.92. The summed E-state index contributed by atoms with van der Waals surface area (Å²) in [5.41, 5.74) is 4.67. The summed E-state index contributed by atoms with van der Waals surface area (Å²) in [6.45, 7) is 2.24. The average Bonchev–Trinajstić information content (AvgIpc) is 2.63. The summed E-state index contributed by atoms with van der Waals surface area (Å²) in [6, 6.07) is 11.7. The normalized spacial score (nSPS) is 16.7. The molecule has 0 radical (unpaired) electrons. The van der Waals surface area contributed by atoms with Crippen molar-refractivity contribution in [3.8, 4) is 0 Å². The van der Waals surface area contributed by atoms with Gasteiger partial charge in [-0.25, -0.2) is 8.78 Å². The molecule has 0 spiro atoms. The van der Waals surface area contributed by atoms with E-state index in [9.17, 15) is 8.78 Å². The van der Waals surface area contributed by atoms with Gasteiger partial charge in [-0.3, -0.25) is 0 Å².